The number of rotatable bonds is 2. The summed E-state index contributed by atoms with van der Waals surface area (Å²) in [5.74, 6) is -2.43. The number of hydrogen-bond donors (Lipinski definition) is 2. The van der Waals surface area contributed by atoms with Gasteiger partial charge in [0.1, 0.15) is 11.5 Å². The summed E-state index contributed by atoms with van der Waals surface area (Å²) in [6.07, 6.45) is -4.82. The molecule has 5 nitrogen and oxygen atoms in total. The number of aromatic nitrogens is 2. The standard InChI is InChI=1S/C12H6F4N2O3/c13-7-2-5(1-6(3-7)10(19)20)8-4-9(12(14,15)16)18-11(21)17-8/h1-4H,(H,19,20)(H,17,18,21). The highest BCUT2D eigenvalue weighted by Crippen LogP contribution is 2.29. The Labute approximate surface area is 113 Å². The van der Waals surface area contributed by atoms with Crippen molar-refractivity contribution < 1.29 is 27.5 Å². The van der Waals surface area contributed by atoms with E-state index in [1.165, 1.54) is 4.98 Å². The minimum absolute atomic E-state index is 0.246. The van der Waals surface area contributed by atoms with Crippen molar-refractivity contribution in [2.24, 2.45) is 0 Å². The van der Waals surface area contributed by atoms with Crippen LogP contribution in [0.3, 0.4) is 0 Å². The molecule has 9 heteroatoms. The van der Waals surface area contributed by atoms with Crippen LogP contribution in [0.15, 0.2) is 29.1 Å². The summed E-state index contributed by atoms with van der Waals surface area (Å²) < 4.78 is 51.1. The Balaban J connectivity index is 2.65. The minimum atomic E-state index is -4.82. The molecule has 2 aromatic rings. The van der Waals surface area contributed by atoms with E-state index in [0.29, 0.717) is 12.1 Å². The molecule has 2 rings (SSSR count). The summed E-state index contributed by atoms with van der Waals surface area (Å²) in [6, 6.07) is 2.91. The van der Waals surface area contributed by atoms with E-state index in [2.05, 4.69) is 4.98 Å². The van der Waals surface area contributed by atoms with Gasteiger partial charge >= 0.3 is 17.8 Å². The normalized spacial score (nSPS) is 11.4. The molecule has 0 spiro atoms. The Bertz CT molecular complexity index is 768. The largest absolute Gasteiger partial charge is 0.478 e. The number of aromatic amines is 1. The lowest BCUT2D eigenvalue weighted by Crippen LogP contribution is -2.19. The van der Waals surface area contributed by atoms with Gasteiger partial charge in [0.15, 0.2) is 0 Å². The molecule has 1 aromatic heterocycles. The van der Waals surface area contributed by atoms with Crippen LogP contribution in [-0.4, -0.2) is 21.0 Å². The second-order valence-corrected chi connectivity index (χ2v) is 4.02. The average molecular weight is 302 g/mol. The van der Waals surface area contributed by atoms with E-state index in [9.17, 15) is 27.2 Å². The molecule has 0 atom stereocenters. The first-order chi connectivity index (χ1) is 9.66. The van der Waals surface area contributed by atoms with Crippen molar-refractivity contribution in [3.05, 3.63) is 51.8 Å². The van der Waals surface area contributed by atoms with Crippen molar-refractivity contribution in [1.82, 2.24) is 9.97 Å². The summed E-state index contributed by atoms with van der Waals surface area (Å²) in [5, 5.41) is 8.78. The van der Waals surface area contributed by atoms with Crippen molar-refractivity contribution in [2.45, 2.75) is 6.18 Å². The third-order valence-electron chi connectivity index (χ3n) is 2.49. The first-order valence-electron chi connectivity index (χ1n) is 5.39. The second kappa shape index (κ2) is 5.00. The lowest BCUT2D eigenvalue weighted by Gasteiger charge is -2.08. The van der Waals surface area contributed by atoms with Crippen molar-refractivity contribution in [3.63, 3.8) is 0 Å². The molecule has 0 aliphatic heterocycles. The SMILES string of the molecule is O=C(O)c1cc(F)cc(-c2cc(C(F)(F)F)[nH]c(=O)n2)c1. The fourth-order valence-corrected chi connectivity index (χ4v) is 1.62. The van der Waals surface area contributed by atoms with E-state index in [1.807, 2.05) is 0 Å². The summed E-state index contributed by atoms with van der Waals surface area (Å²) in [7, 11) is 0. The Morgan fingerprint density at radius 3 is 2.43 bits per heavy atom. The zero-order valence-electron chi connectivity index (χ0n) is 10.0. The number of carboxylic acids is 1. The highest BCUT2D eigenvalue weighted by atomic mass is 19.4. The van der Waals surface area contributed by atoms with E-state index < -0.39 is 40.6 Å². The third-order valence-corrected chi connectivity index (χ3v) is 2.49. The number of hydrogen-bond acceptors (Lipinski definition) is 3. The Kier molecular flexibility index (Phi) is 3.50. The molecule has 2 N–H and O–H groups in total. The Morgan fingerprint density at radius 2 is 1.86 bits per heavy atom. The van der Waals surface area contributed by atoms with Gasteiger partial charge in [-0.15, -0.1) is 0 Å². The highest BCUT2D eigenvalue weighted by Gasteiger charge is 2.32. The van der Waals surface area contributed by atoms with Crippen LogP contribution < -0.4 is 5.69 Å². The molecule has 0 radical (unpaired) electrons. The van der Waals surface area contributed by atoms with Crippen molar-refractivity contribution >= 4 is 5.97 Å². The Hall–Kier alpha value is -2.71. The molecule has 0 bridgehead atoms. The number of nitrogens with zero attached hydrogens (tertiary/aromatic N) is 1. The van der Waals surface area contributed by atoms with E-state index >= 15 is 0 Å². The smallest absolute Gasteiger partial charge is 0.431 e. The fourth-order valence-electron chi connectivity index (χ4n) is 1.62. The number of nitrogens with one attached hydrogen (secondary N) is 1. The number of aromatic carboxylic acids is 1. The molecular formula is C12H6F4N2O3. The van der Waals surface area contributed by atoms with Gasteiger partial charge in [0.2, 0.25) is 0 Å². The van der Waals surface area contributed by atoms with Crippen molar-refractivity contribution in [2.75, 3.05) is 0 Å². The van der Waals surface area contributed by atoms with Crippen LogP contribution in [0.25, 0.3) is 11.3 Å². The van der Waals surface area contributed by atoms with Crippen LogP contribution in [0.2, 0.25) is 0 Å². The second-order valence-electron chi connectivity index (χ2n) is 4.02. The number of halogens is 4. The van der Waals surface area contributed by atoms with Gasteiger partial charge < -0.3 is 10.1 Å². The van der Waals surface area contributed by atoms with Gasteiger partial charge in [-0.3, -0.25) is 0 Å². The monoisotopic (exact) mass is 302 g/mol. The van der Waals surface area contributed by atoms with Crippen LogP contribution in [0, 0.1) is 5.82 Å². The lowest BCUT2D eigenvalue weighted by atomic mass is 10.1. The van der Waals surface area contributed by atoms with Gasteiger partial charge in [-0.1, -0.05) is 0 Å². The molecule has 0 saturated carbocycles. The molecule has 0 aliphatic rings. The van der Waals surface area contributed by atoms with Crippen LogP contribution in [0.1, 0.15) is 16.1 Å². The van der Waals surface area contributed by atoms with Crippen LogP contribution in [0.5, 0.6) is 0 Å². The van der Waals surface area contributed by atoms with E-state index in [1.54, 1.807) is 0 Å². The minimum Gasteiger partial charge on any atom is -0.478 e. The first kappa shape index (κ1) is 14.7. The van der Waals surface area contributed by atoms with Gasteiger partial charge in [-0.05, 0) is 24.3 Å². The Morgan fingerprint density at radius 1 is 1.19 bits per heavy atom. The fraction of sp³-hybridized carbons (Fsp3) is 0.0833. The molecule has 0 saturated heterocycles. The zero-order chi connectivity index (χ0) is 15.8. The predicted molar refractivity (Wildman–Crippen MR) is 62.2 cm³/mol. The zero-order valence-corrected chi connectivity index (χ0v) is 10.0. The predicted octanol–water partition coefficient (Wildman–Crippen LogP) is 2.29. The van der Waals surface area contributed by atoms with Crippen LogP contribution in [0.4, 0.5) is 17.6 Å². The van der Waals surface area contributed by atoms with Gasteiger partial charge in [0.05, 0.1) is 11.3 Å². The van der Waals surface area contributed by atoms with Crippen molar-refractivity contribution in [3.8, 4) is 11.3 Å². The highest BCUT2D eigenvalue weighted by molar-refractivity contribution is 5.89. The van der Waals surface area contributed by atoms with Crippen LogP contribution >= 0.6 is 0 Å². The molecule has 0 unspecified atom stereocenters. The first-order valence-corrected chi connectivity index (χ1v) is 5.39. The maximum atomic E-state index is 13.3. The van der Waals surface area contributed by atoms with E-state index in [4.69, 9.17) is 5.11 Å². The molecule has 0 aliphatic carbocycles. The maximum Gasteiger partial charge on any atom is 0.431 e. The van der Waals surface area contributed by atoms with Crippen LogP contribution in [-0.2, 0) is 6.18 Å². The van der Waals surface area contributed by atoms with Gasteiger partial charge in [0, 0.05) is 5.56 Å². The molecule has 1 aromatic carbocycles. The lowest BCUT2D eigenvalue weighted by molar-refractivity contribution is -0.141. The topological polar surface area (TPSA) is 83.0 Å². The number of carbonyl (C=O) groups is 1. The summed E-state index contributed by atoms with van der Waals surface area (Å²) >= 11 is 0. The molecular weight excluding hydrogens is 296 g/mol. The summed E-state index contributed by atoms with van der Waals surface area (Å²) in [6.45, 7) is 0. The van der Waals surface area contributed by atoms with Gasteiger partial charge in [-0.2, -0.15) is 18.2 Å². The number of alkyl halides is 3. The van der Waals surface area contributed by atoms with E-state index in [-0.39, 0.29) is 5.56 Å². The third kappa shape index (κ3) is 3.25. The van der Waals surface area contributed by atoms with Crippen molar-refractivity contribution in [1.29, 1.82) is 0 Å². The van der Waals surface area contributed by atoms with Gasteiger partial charge in [-0.25, -0.2) is 14.0 Å². The summed E-state index contributed by atoms with van der Waals surface area (Å²) in [5.41, 5.74) is -3.84. The van der Waals surface area contributed by atoms with E-state index in [0.717, 1.165) is 12.1 Å². The summed E-state index contributed by atoms with van der Waals surface area (Å²) in [4.78, 5) is 26.7. The number of benzene rings is 1. The maximum absolute atomic E-state index is 13.3. The molecule has 0 amide bonds. The number of carboxylic acid groups (broad SMARTS) is 1. The molecule has 0 fully saturated rings. The molecule has 21 heavy (non-hydrogen) atoms. The number of H-pyrrole nitrogens is 1. The average Bonchev–Trinajstić information content (AvgIpc) is 2.36. The molecule has 110 valence electrons. The van der Waals surface area contributed by atoms with Gasteiger partial charge in [0.25, 0.3) is 0 Å². The molecule has 1 heterocycles. The quantitative estimate of drug-likeness (QED) is 0.834.